The second kappa shape index (κ2) is 16.0. The zero-order valence-corrected chi connectivity index (χ0v) is 27.2. The number of aryl methyl sites for hydroxylation is 1. The zero-order valence-electron chi connectivity index (χ0n) is 26.4. The van der Waals surface area contributed by atoms with Crippen LogP contribution in [0.15, 0.2) is 108 Å². The van der Waals surface area contributed by atoms with Crippen LogP contribution in [-0.4, -0.2) is 50.9 Å². The molecule has 4 aromatic carbocycles. The molecule has 0 saturated carbocycles. The molecule has 1 unspecified atom stereocenters. The smallest absolute Gasteiger partial charge is 0.264 e. The summed E-state index contributed by atoms with van der Waals surface area (Å²) in [5, 5.41) is 2.93. The van der Waals surface area contributed by atoms with Crippen LogP contribution in [0.3, 0.4) is 0 Å². The minimum Gasteiger partial charge on any atom is -0.494 e. The molecule has 0 aliphatic heterocycles. The summed E-state index contributed by atoms with van der Waals surface area (Å²) >= 11 is 0. The fourth-order valence-electron chi connectivity index (χ4n) is 4.95. The summed E-state index contributed by atoms with van der Waals surface area (Å²) in [4.78, 5) is 29.5. The van der Waals surface area contributed by atoms with Gasteiger partial charge in [0.05, 0.1) is 17.2 Å². The van der Waals surface area contributed by atoms with Gasteiger partial charge in [-0.15, -0.1) is 0 Å². The van der Waals surface area contributed by atoms with Crippen molar-refractivity contribution >= 4 is 27.5 Å². The first-order valence-electron chi connectivity index (χ1n) is 15.3. The molecule has 4 aromatic rings. The number of rotatable bonds is 15. The van der Waals surface area contributed by atoms with Gasteiger partial charge in [-0.1, -0.05) is 67.1 Å². The van der Waals surface area contributed by atoms with Crippen molar-refractivity contribution in [2.75, 3.05) is 24.0 Å². The summed E-state index contributed by atoms with van der Waals surface area (Å²) in [6.45, 7) is 6.05. The van der Waals surface area contributed by atoms with Crippen LogP contribution in [0.5, 0.6) is 5.75 Å². The van der Waals surface area contributed by atoms with Crippen LogP contribution in [0, 0.1) is 12.7 Å². The lowest BCUT2D eigenvalue weighted by molar-refractivity contribution is -0.140. The Bertz CT molecular complexity index is 1680. The summed E-state index contributed by atoms with van der Waals surface area (Å²) in [5.74, 6) is -0.963. The molecule has 0 aliphatic rings. The lowest BCUT2D eigenvalue weighted by atomic mass is 10.0. The summed E-state index contributed by atoms with van der Waals surface area (Å²) < 4.78 is 48.4. The molecule has 0 radical (unpaired) electrons. The Labute approximate surface area is 270 Å². The number of carbonyl (C=O) groups is 2. The van der Waals surface area contributed by atoms with E-state index in [1.54, 1.807) is 24.3 Å². The van der Waals surface area contributed by atoms with E-state index < -0.39 is 34.3 Å². The monoisotopic (exact) mass is 645 g/mol. The van der Waals surface area contributed by atoms with E-state index in [0.717, 1.165) is 45.3 Å². The van der Waals surface area contributed by atoms with Crippen LogP contribution in [-0.2, 0) is 32.6 Å². The van der Waals surface area contributed by atoms with Gasteiger partial charge >= 0.3 is 0 Å². The number of carbonyl (C=O) groups excluding carboxylic acids is 2. The van der Waals surface area contributed by atoms with Gasteiger partial charge in [0.25, 0.3) is 10.0 Å². The summed E-state index contributed by atoms with van der Waals surface area (Å²) in [7, 11) is -4.34. The highest BCUT2D eigenvalue weighted by atomic mass is 32.2. The molecule has 1 N–H and O–H groups in total. The zero-order chi connectivity index (χ0) is 33.1. The Kier molecular flexibility index (Phi) is 11.9. The quantitative estimate of drug-likeness (QED) is 0.174. The topological polar surface area (TPSA) is 96.0 Å². The number of hydrogen-bond donors (Lipinski definition) is 1. The first-order valence-corrected chi connectivity index (χ1v) is 16.7. The van der Waals surface area contributed by atoms with Crippen LogP contribution < -0.4 is 14.4 Å². The van der Waals surface area contributed by atoms with Crippen LogP contribution in [0.1, 0.15) is 37.0 Å². The number of benzene rings is 4. The van der Waals surface area contributed by atoms with Gasteiger partial charge in [-0.2, -0.15) is 0 Å². The Morgan fingerprint density at radius 1 is 0.848 bits per heavy atom. The molecular formula is C36H40FN3O5S. The van der Waals surface area contributed by atoms with Crippen LogP contribution >= 0.6 is 0 Å². The fourth-order valence-corrected chi connectivity index (χ4v) is 6.36. The van der Waals surface area contributed by atoms with E-state index in [9.17, 15) is 22.4 Å². The van der Waals surface area contributed by atoms with Crippen molar-refractivity contribution < 1.29 is 27.1 Å². The second-order valence-corrected chi connectivity index (χ2v) is 12.8. The van der Waals surface area contributed by atoms with E-state index in [-0.39, 0.29) is 29.5 Å². The van der Waals surface area contributed by atoms with Crippen molar-refractivity contribution in [1.29, 1.82) is 0 Å². The minimum absolute atomic E-state index is 0.0733. The molecular weight excluding hydrogens is 605 g/mol. The summed E-state index contributed by atoms with van der Waals surface area (Å²) in [5.41, 5.74) is 2.89. The number of sulfonamides is 1. The summed E-state index contributed by atoms with van der Waals surface area (Å²) in [6, 6.07) is 26.9. The molecule has 0 bridgehead atoms. The van der Waals surface area contributed by atoms with E-state index >= 15 is 0 Å². The molecule has 4 rings (SSSR count). The Morgan fingerprint density at radius 2 is 1.50 bits per heavy atom. The van der Waals surface area contributed by atoms with Crippen molar-refractivity contribution in [2.24, 2.45) is 0 Å². The highest BCUT2D eigenvalue weighted by molar-refractivity contribution is 7.92. The number of hydrogen-bond acceptors (Lipinski definition) is 5. The van der Waals surface area contributed by atoms with E-state index in [1.165, 1.54) is 4.90 Å². The maximum Gasteiger partial charge on any atom is 0.264 e. The lowest BCUT2D eigenvalue weighted by Gasteiger charge is -2.34. The number of ether oxygens (including phenoxy) is 1. The predicted octanol–water partition coefficient (Wildman–Crippen LogP) is 5.89. The van der Waals surface area contributed by atoms with Crippen LogP contribution in [0.2, 0.25) is 0 Å². The molecule has 0 fully saturated rings. The van der Waals surface area contributed by atoms with Gasteiger partial charge in [0, 0.05) is 19.5 Å². The molecule has 2 amide bonds. The number of anilines is 1. The first-order chi connectivity index (χ1) is 22.1. The average molecular weight is 646 g/mol. The van der Waals surface area contributed by atoms with Crippen molar-refractivity contribution in [3.05, 3.63) is 126 Å². The molecule has 0 saturated heterocycles. The third kappa shape index (κ3) is 8.94. The largest absolute Gasteiger partial charge is 0.494 e. The normalized spacial score (nSPS) is 11.8. The minimum atomic E-state index is -4.34. The van der Waals surface area contributed by atoms with Crippen molar-refractivity contribution in [2.45, 2.75) is 51.1 Å². The van der Waals surface area contributed by atoms with Gasteiger partial charge in [-0.3, -0.25) is 13.9 Å². The second-order valence-electron chi connectivity index (χ2n) is 10.9. The van der Waals surface area contributed by atoms with Gasteiger partial charge in [-0.05, 0) is 79.9 Å². The Hall–Kier alpha value is -4.70. The molecule has 0 aliphatic carbocycles. The number of nitrogens with zero attached hydrogens (tertiary/aromatic N) is 2. The van der Waals surface area contributed by atoms with Gasteiger partial charge in [0.1, 0.15) is 24.2 Å². The lowest BCUT2D eigenvalue weighted by Crippen LogP contribution is -2.53. The highest BCUT2D eigenvalue weighted by Gasteiger charge is 2.34. The van der Waals surface area contributed by atoms with Crippen molar-refractivity contribution in [1.82, 2.24) is 10.2 Å². The molecule has 1 atom stereocenters. The van der Waals surface area contributed by atoms with E-state index in [1.807, 2.05) is 75.4 Å². The SMILES string of the molecule is CCCNC(=O)C(Cc1ccccc1)N(Cc1ccc(C)cc1)C(=O)CN(c1ccc(OCC)cc1)S(=O)(=O)c1ccc(F)cc1. The molecule has 242 valence electrons. The number of halogens is 1. The van der Waals surface area contributed by atoms with Crippen molar-refractivity contribution in [3.63, 3.8) is 0 Å². The fraction of sp³-hybridized carbons (Fsp3) is 0.278. The van der Waals surface area contributed by atoms with Crippen LogP contribution in [0.4, 0.5) is 10.1 Å². The van der Waals surface area contributed by atoms with Crippen molar-refractivity contribution in [3.8, 4) is 5.75 Å². The molecule has 0 aromatic heterocycles. The standard InChI is InChI=1S/C36H40FN3O5S/c1-4-23-38-36(42)34(24-28-9-7-6-8-10-28)39(25-29-13-11-27(3)12-14-29)35(41)26-40(31-17-19-32(20-18-31)45-5-2)46(43,44)33-21-15-30(37)16-22-33/h6-22,34H,4-5,23-26H2,1-3H3,(H,38,42). The maximum atomic E-state index is 14.5. The Balaban J connectivity index is 1.79. The van der Waals surface area contributed by atoms with E-state index in [0.29, 0.717) is 25.3 Å². The molecule has 10 heteroatoms. The molecule has 0 spiro atoms. The van der Waals surface area contributed by atoms with Gasteiger partial charge < -0.3 is 15.0 Å². The van der Waals surface area contributed by atoms with E-state index in [2.05, 4.69) is 5.32 Å². The molecule has 0 heterocycles. The van der Waals surface area contributed by atoms with Gasteiger partial charge in [0.15, 0.2) is 0 Å². The third-order valence-corrected chi connectivity index (χ3v) is 9.20. The Morgan fingerprint density at radius 3 is 2.11 bits per heavy atom. The number of amides is 2. The van der Waals surface area contributed by atoms with Gasteiger partial charge in [-0.25, -0.2) is 12.8 Å². The average Bonchev–Trinajstić information content (AvgIpc) is 3.06. The maximum absolute atomic E-state index is 14.5. The predicted molar refractivity (Wildman–Crippen MR) is 178 cm³/mol. The number of nitrogens with one attached hydrogen (secondary N) is 1. The highest BCUT2D eigenvalue weighted by Crippen LogP contribution is 2.27. The first kappa shape index (κ1) is 34.2. The molecule has 8 nitrogen and oxygen atoms in total. The van der Waals surface area contributed by atoms with Gasteiger partial charge in [0.2, 0.25) is 11.8 Å². The summed E-state index contributed by atoms with van der Waals surface area (Å²) in [6.07, 6.45) is 0.929. The van der Waals surface area contributed by atoms with Crippen LogP contribution in [0.25, 0.3) is 0 Å². The third-order valence-electron chi connectivity index (χ3n) is 7.41. The van der Waals surface area contributed by atoms with E-state index in [4.69, 9.17) is 4.74 Å². The molecule has 46 heavy (non-hydrogen) atoms.